The fourth-order valence-electron chi connectivity index (χ4n) is 1.53. The van der Waals surface area contributed by atoms with E-state index < -0.39 is 0 Å². The number of unbranched alkanes of at least 4 members (excludes halogenated alkanes) is 5. The van der Waals surface area contributed by atoms with Crippen LogP contribution in [-0.2, 0) is 9.53 Å². The van der Waals surface area contributed by atoms with Gasteiger partial charge < -0.3 is 4.74 Å². The van der Waals surface area contributed by atoms with Gasteiger partial charge in [-0.25, -0.2) is 4.79 Å². The number of carbonyl (C=O) groups excluding carboxylic acids is 1. The minimum Gasteiger partial charge on any atom is -0.458 e. The molecule has 0 atom stereocenters. The van der Waals surface area contributed by atoms with Crippen molar-refractivity contribution in [2.75, 3.05) is 6.61 Å². The highest BCUT2D eigenvalue weighted by atomic mass is 16.5. The second-order valence-corrected chi connectivity index (χ2v) is 4.63. The summed E-state index contributed by atoms with van der Waals surface area (Å²) in [6, 6.07) is 0. The molecule has 0 amide bonds. The van der Waals surface area contributed by atoms with E-state index in [1.165, 1.54) is 32.1 Å². The van der Waals surface area contributed by atoms with Crippen LogP contribution in [0.2, 0.25) is 0 Å². The maximum atomic E-state index is 11.3. The predicted octanol–water partition coefficient (Wildman–Crippen LogP) is 4.97. The molecule has 0 bridgehead atoms. The Balaban J connectivity index is 3.50. The van der Waals surface area contributed by atoms with Gasteiger partial charge in [-0.05, 0) is 32.8 Å². The number of hydrogen-bond acceptors (Lipinski definition) is 2. The summed E-state index contributed by atoms with van der Waals surface area (Å²) < 4.78 is 5.04. The molecule has 0 aliphatic rings. The largest absolute Gasteiger partial charge is 0.458 e. The number of carbonyl (C=O) groups is 1. The highest BCUT2D eigenvalue weighted by Crippen LogP contribution is 2.05. The molecule has 0 heterocycles. The molecule has 108 valence electrons. The zero-order valence-electron chi connectivity index (χ0n) is 12.7. The standard InChI is InChI=1S/C17H28O2/c1-4-6-7-8-9-10-11-12-13-14-15-19-17(18)16(3)5-2/h5,11-14H,4,6-10,15H2,1-3H3/b12-11+,14-13+,16-5+. The van der Waals surface area contributed by atoms with Gasteiger partial charge in [0.1, 0.15) is 6.61 Å². The first-order chi connectivity index (χ1) is 9.22. The van der Waals surface area contributed by atoms with E-state index in [0.29, 0.717) is 12.2 Å². The molecule has 0 saturated carbocycles. The number of rotatable bonds is 10. The van der Waals surface area contributed by atoms with Gasteiger partial charge in [0.05, 0.1) is 0 Å². The molecule has 0 unspecified atom stereocenters. The number of esters is 1. The summed E-state index contributed by atoms with van der Waals surface area (Å²) in [6.45, 7) is 6.15. The minimum absolute atomic E-state index is 0.243. The third kappa shape index (κ3) is 11.5. The highest BCUT2D eigenvalue weighted by molar-refractivity contribution is 5.87. The molecule has 2 nitrogen and oxygen atoms in total. The molecule has 0 spiro atoms. The molecular weight excluding hydrogens is 236 g/mol. The van der Waals surface area contributed by atoms with Crippen LogP contribution < -0.4 is 0 Å². The Kier molecular flexibility index (Phi) is 12.2. The highest BCUT2D eigenvalue weighted by Gasteiger charge is 2.01. The van der Waals surface area contributed by atoms with Gasteiger partial charge in [0, 0.05) is 5.57 Å². The Hall–Kier alpha value is -1.31. The van der Waals surface area contributed by atoms with Crippen molar-refractivity contribution in [3.05, 3.63) is 36.0 Å². The lowest BCUT2D eigenvalue weighted by Gasteiger charge is -1.99. The monoisotopic (exact) mass is 264 g/mol. The van der Waals surface area contributed by atoms with Gasteiger partial charge in [-0.15, -0.1) is 0 Å². The van der Waals surface area contributed by atoms with E-state index in [4.69, 9.17) is 4.74 Å². The maximum absolute atomic E-state index is 11.3. The summed E-state index contributed by atoms with van der Waals surface area (Å²) in [5.74, 6) is -0.243. The summed E-state index contributed by atoms with van der Waals surface area (Å²) in [7, 11) is 0. The van der Waals surface area contributed by atoms with E-state index in [-0.39, 0.29) is 5.97 Å². The van der Waals surface area contributed by atoms with Crippen molar-refractivity contribution in [1.82, 2.24) is 0 Å². The van der Waals surface area contributed by atoms with E-state index in [1.54, 1.807) is 13.0 Å². The number of hydrogen-bond donors (Lipinski definition) is 0. The Morgan fingerprint density at radius 1 is 1.05 bits per heavy atom. The van der Waals surface area contributed by atoms with E-state index in [1.807, 2.05) is 25.2 Å². The van der Waals surface area contributed by atoms with Crippen LogP contribution in [0, 0.1) is 0 Å². The fraction of sp³-hybridized carbons (Fsp3) is 0.588. The topological polar surface area (TPSA) is 26.3 Å². The van der Waals surface area contributed by atoms with E-state index in [9.17, 15) is 4.79 Å². The van der Waals surface area contributed by atoms with Crippen LogP contribution in [-0.4, -0.2) is 12.6 Å². The first-order valence-corrected chi connectivity index (χ1v) is 7.34. The average Bonchev–Trinajstić information content (AvgIpc) is 2.43. The van der Waals surface area contributed by atoms with Crippen LogP contribution in [0.3, 0.4) is 0 Å². The van der Waals surface area contributed by atoms with Crippen molar-refractivity contribution in [3.63, 3.8) is 0 Å². The Morgan fingerprint density at radius 2 is 1.74 bits per heavy atom. The number of allylic oxidation sites excluding steroid dienone is 4. The number of ether oxygens (including phenoxy) is 1. The van der Waals surface area contributed by atoms with Crippen molar-refractivity contribution in [2.45, 2.75) is 59.3 Å². The summed E-state index contributed by atoms with van der Waals surface area (Å²) in [5, 5.41) is 0. The molecule has 0 radical (unpaired) electrons. The third-order valence-electron chi connectivity index (χ3n) is 2.92. The molecule has 19 heavy (non-hydrogen) atoms. The molecular formula is C17H28O2. The molecule has 0 aliphatic carbocycles. The quantitative estimate of drug-likeness (QED) is 0.241. The van der Waals surface area contributed by atoms with Crippen LogP contribution in [0.25, 0.3) is 0 Å². The molecule has 0 fully saturated rings. The fourth-order valence-corrected chi connectivity index (χ4v) is 1.53. The first kappa shape index (κ1) is 17.7. The van der Waals surface area contributed by atoms with Gasteiger partial charge in [-0.3, -0.25) is 0 Å². The zero-order valence-corrected chi connectivity index (χ0v) is 12.7. The smallest absolute Gasteiger partial charge is 0.333 e. The van der Waals surface area contributed by atoms with Gasteiger partial charge in [0.15, 0.2) is 0 Å². The molecule has 0 aromatic heterocycles. The molecule has 2 heteroatoms. The molecule has 0 aromatic rings. The van der Waals surface area contributed by atoms with Crippen molar-refractivity contribution < 1.29 is 9.53 Å². The lowest BCUT2D eigenvalue weighted by Crippen LogP contribution is -2.05. The van der Waals surface area contributed by atoms with Crippen molar-refractivity contribution >= 4 is 5.97 Å². The SMILES string of the molecule is C/C=C(\C)C(=O)OC/C=C/C=C/CCCCCCC. The normalized spacial score (nSPS) is 12.5. The second kappa shape index (κ2) is 13.1. The van der Waals surface area contributed by atoms with Crippen molar-refractivity contribution in [2.24, 2.45) is 0 Å². The van der Waals surface area contributed by atoms with Crippen LogP contribution in [0.1, 0.15) is 59.3 Å². The lowest BCUT2D eigenvalue weighted by molar-refractivity contribution is -0.137. The molecule has 0 N–H and O–H groups in total. The maximum Gasteiger partial charge on any atom is 0.333 e. The molecule has 0 aromatic carbocycles. The lowest BCUT2D eigenvalue weighted by atomic mass is 10.1. The summed E-state index contributed by atoms with van der Waals surface area (Å²) in [6.07, 6.45) is 17.4. The Bertz CT molecular complexity index is 311. The summed E-state index contributed by atoms with van der Waals surface area (Å²) in [4.78, 5) is 11.3. The van der Waals surface area contributed by atoms with Crippen LogP contribution in [0.15, 0.2) is 36.0 Å². The van der Waals surface area contributed by atoms with E-state index >= 15 is 0 Å². The summed E-state index contributed by atoms with van der Waals surface area (Å²) >= 11 is 0. The average molecular weight is 264 g/mol. The van der Waals surface area contributed by atoms with E-state index in [2.05, 4.69) is 13.0 Å². The van der Waals surface area contributed by atoms with Gasteiger partial charge in [-0.1, -0.05) is 56.9 Å². The van der Waals surface area contributed by atoms with Crippen LogP contribution in [0.4, 0.5) is 0 Å². The third-order valence-corrected chi connectivity index (χ3v) is 2.92. The van der Waals surface area contributed by atoms with Crippen molar-refractivity contribution in [3.8, 4) is 0 Å². The molecule has 0 aliphatic heterocycles. The predicted molar refractivity (Wildman–Crippen MR) is 82.0 cm³/mol. The minimum atomic E-state index is -0.243. The Morgan fingerprint density at radius 3 is 2.42 bits per heavy atom. The van der Waals surface area contributed by atoms with Gasteiger partial charge in [0.25, 0.3) is 0 Å². The van der Waals surface area contributed by atoms with Crippen LogP contribution in [0.5, 0.6) is 0 Å². The van der Waals surface area contributed by atoms with Gasteiger partial charge >= 0.3 is 5.97 Å². The zero-order chi connectivity index (χ0) is 14.3. The van der Waals surface area contributed by atoms with E-state index in [0.717, 1.165) is 6.42 Å². The summed E-state index contributed by atoms with van der Waals surface area (Å²) in [5.41, 5.74) is 0.649. The Labute approximate surface area is 118 Å². The first-order valence-electron chi connectivity index (χ1n) is 7.34. The molecule has 0 saturated heterocycles. The molecule has 0 rings (SSSR count). The van der Waals surface area contributed by atoms with Crippen LogP contribution >= 0.6 is 0 Å². The van der Waals surface area contributed by atoms with Crippen molar-refractivity contribution in [1.29, 1.82) is 0 Å². The van der Waals surface area contributed by atoms with Gasteiger partial charge in [0.2, 0.25) is 0 Å². The van der Waals surface area contributed by atoms with Gasteiger partial charge in [-0.2, -0.15) is 0 Å². The second-order valence-electron chi connectivity index (χ2n) is 4.63.